The molecule has 0 spiro atoms. The van der Waals surface area contributed by atoms with E-state index in [1.54, 1.807) is 11.1 Å². The SMILES string of the molecule is CC1C(=C(Cc2ccccc2)Cc2ccccc2)C1(C)C. The van der Waals surface area contributed by atoms with Gasteiger partial charge >= 0.3 is 0 Å². The third-order valence-electron chi connectivity index (χ3n) is 5.03. The maximum atomic E-state index is 2.38. The zero-order valence-electron chi connectivity index (χ0n) is 13.3. The molecule has 1 aliphatic carbocycles. The van der Waals surface area contributed by atoms with Crippen molar-refractivity contribution >= 4 is 0 Å². The largest absolute Gasteiger partial charge is 0.0622 e. The zero-order chi connectivity index (χ0) is 14.9. The first-order valence-electron chi connectivity index (χ1n) is 7.89. The summed E-state index contributed by atoms with van der Waals surface area (Å²) in [6.45, 7) is 7.12. The maximum Gasteiger partial charge on any atom is -0.00608 e. The smallest absolute Gasteiger partial charge is 0.00608 e. The molecule has 0 amide bonds. The second kappa shape index (κ2) is 5.52. The second-order valence-electron chi connectivity index (χ2n) is 6.79. The minimum atomic E-state index is 0.388. The van der Waals surface area contributed by atoms with Crippen LogP contribution in [-0.2, 0) is 12.8 Å². The van der Waals surface area contributed by atoms with Crippen LogP contribution < -0.4 is 0 Å². The lowest BCUT2D eigenvalue weighted by atomic mass is 9.95. The van der Waals surface area contributed by atoms with Crippen molar-refractivity contribution in [2.75, 3.05) is 0 Å². The Bertz CT molecular complexity index is 589. The molecule has 0 saturated heterocycles. The van der Waals surface area contributed by atoms with Crippen LogP contribution in [0.2, 0.25) is 0 Å². The van der Waals surface area contributed by atoms with Crippen molar-refractivity contribution in [3.63, 3.8) is 0 Å². The lowest BCUT2D eigenvalue weighted by Gasteiger charge is -2.10. The number of rotatable bonds is 4. The summed E-state index contributed by atoms with van der Waals surface area (Å²) in [4.78, 5) is 0. The Balaban J connectivity index is 1.90. The van der Waals surface area contributed by atoms with Crippen LogP contribution in [-0.4, -0.2) is 0 Å². The van der Waals surface area contributed by atoms with Gasteiger partial charge in [0.05, 0.1) is 0 Å². The van der Waals surface area contributed by atoms with E-state index in [0.717, 1.165) is 18.8 Å². The molecule has 1 unspecified atom stereocenters. The predicted molar refractivity (Wildman–Crippen MR) is 90.3 cm³/mol. The average molecular weight is 276 g/mol. The second-order valence-corrected chi connectivity index (χ2v) is 6.79. The highest BCUT2D eigenvalue weighted by Crippen LogP contribution is 2.59. The molecule has 0 bridgehead atoms. The van der Waals surface area contributed by atoms with Gasteiger partial charge in [0.25, 0.3) is 0 Å². The molecule has 3 rings (SSSR count). The van der Waals surface area contributed by atoms with E-state index in [1.165, 1.54) is 11.1 Å². The molecule has 108 valence electrons. The van der Waals surface area contributed by atoms with Crippen molar-refractivity contribution < 1.29 is 0 Å². The van der Waals surface area contributed by atoms with Gasteiger partial charge in [0.2, 0.25) is 0 Å². The van der Waals surface area contributed by atoms with E-state index >= 15 is 0 Å². The Morgan fingerprint density at radius 1 is 0.810 bits per heavy atom. The molecule has 0 heterocycles. The monoisotopic (exact) mass is 276 g/mol. The summed E-state index contributed by atoms with van der Waals surface area (Å²) in [5.41, 5.74) is 6.52. The fourth-order valence-corrected chi connectivity index (χ4v) is 3.47. The molecule has 2 aromatic carbocycles. The fraction of sp³-hybridized carbons (Fsp3) is 0.333. The molecule has 0 radical (unpaired) electrons. The van der Waals surface area contributed by atoms with Gasteiger partial charge < -0.3 is 0 Å². The molecule has 1 fully saturated rings. The van der Waals surface area contributed by atoms with Crippen LogP contribution in [0.1, 0.15) is 31.9 Å². The maximum absolute atomic E-state index is 2.38. The molecule has 2 aromatic rings. The Labute approximate surface area is 128 Å². The molecule has 1 saturated carbocycles. The first kappa shape index (κ1) is 14.1. The van der Waals surface area contributed by atoms with E-state index in [1.807, 2.05) is 0 Å². The molecule has 0 nitrogen and oxygen atoms in total. The number of allylic oxidation sites excluding steroid dienone is 2. The lowest BCUT2D eigenvalue weighted by Crippen LogP contribution is -1.98. The van der Waals surface area contributed by atoms with Crippen molar-refractivity contribution in [2.45, 2.75) is 33.6 Å². The fourth-order valence-electron chi connectivity index (χ4n) is 3.47. The van der Waals surface area contributed by atoms with Crippen molar-refractivity contribution in [3.8, 4) is 0 Å². The third-order valence-corrected chi connectivity index (χ3v) is 5.03. The number of hydrogen-bond acceptors (Lipinski definition) is 0. The Morgan fingerprint density at radius 2 is 1.19 bits per heavy atom. The van der Waals surface area contributed by atoms with Gasteiger partial charge in [-0.05, 0) is 35.3 Å². The Hall–Kier alpha value is -1.82. The van der Waals surface area contributed by atoms with Crippen LogP contribution in [0.3, 0.4) is 0 Å². The number of benzene rings is 2. The molecule has 0 aromatic heterocycles. The highest BCUT2D eigenvalue weighted by atomic mass is 14.5. The van der Waals surface area contributed by atoms with E-state index in [9.17, 15) is 0 Å². The normalized spacial score (nSPS) is 19.4. The van der Waals surface area contributed by atoms with E-state index in [-0.39, 0.29) is 0 Å². The van der Waals surface area contributed by atoms with Gasteiger partial charge in [-0.25, -0.2) is 0 Å². The topological polar surface area (TPSA) is 0 Å². The van der Waals surface area contributed by atoms with Gasteiger partial charge in [-0.15, -0.1) is 0 Å². The highest BCUT2D eigenvalue weighted by molar-refractivity contribution is 5.43. The Morgan fingerprint density at radius 3 is 1.52 bits per heavy atom. The summed E-state index contributed by atoms with van der Waals surface area (Å²) in [7, 11) is 0. The summed E-state index contributed by atoms with van der Waals surface area (Å²) in [6, 6.07) is 21.7. The van der Waals surface area contributed by atoms with E-state index in [2.05, 4.69) is 81.4 Å². The number of hydrogen-bond donors (Lipinski definition) is 0. The Kier molecular flexibility index (Phi) is 3.71. The third kappa shape index (κ3) is 2.95. The summed E-state index contributed by atoms with van der Waals surface area (Å²) < 4.78 is 0. The van der Waals surface area contributed by atoms with Crippen molar-refractivity contribution in [1.29, 1.82) is 0 Å². The first-order valence-corrected chi connectivity index (χ1v) is 7.89. The van der Waals surface area contributed by atoms with Crippen molar-refractivity contribution in [2.24, 2.45) is 11.3 Å². The zero-order valence-corrected chi connectivity index (χ0v) is 13.3. The van der Waals surface area contributed by atoms with Gasteiger partial charge in [0.15, 0.2) is 0 Å². The van der Waals surface area contributed by atoms with Gasteiger partial charge in [-0.3, -0.25) is 0 Å². The van der Waals surface area contributed by atoms with Crippen LogP contribution >= 0.6 is 0 Å². The van der Waals surface area contributed by atoms with E-state index in [4.69, 9.17) is 0 Å². The summed E-state index contributed by atoms with van der Waals surface area (Å²) in [5.74, 6) is 0.722. The quantitative estimate of drug-likeness (QED) is 0.652. The summed E-state index contributed by atoms with van der Waals surface area (Å²) >= 11 is 0. The van der Waals surface area contributed by atoms with E-state index < -0.39 is 0 Å². The summed E-state index contributed by atoms with van der Waals surface area (Å²) in [5, 5.41) is 0. The first-order chi connectivity index (χ1) is 10.1. The predicted octanol–water partition coefficient (Wildman–Crippen LogP) is 5.44. The van der Waals surface area contributed by atoms with Gasteiger partial charge in [0.1, 0.15) is 0 Å². The van der Waals surface area contributed by atoms with E-state index in [0.29, 0.717) is 5.41 Å². The highest BCUT2D eigenvalue weighted by Gasteiger charge is 2.50. The van der Waals surface area contributed by atoms with Crippen LogP contribution in [0.15, 0.2) is 71.8 Å². The van der Waals surface area contributed by atoms with Crippen LogP contribution in [0.5, 0.6) is 0 Å². The molecule has 1 aliphatic rings. The van der Waals surface area contributed by atoms with Crippen molar-refractivity contribution in [1.82, 2.24) is 0 Å². The summed E-state index contributed by atoms with van der Waals surface area (Å²) in [6.07, 6.45) is 2.16. The molecule has 21 heavy (non-hydrogen) atoms. The molecule has 1 atom stereocenters. The molecule has 0 N–H and O–H groups in total. The molecular weight excluding hydrogens is 252 g/mol. The van der Waals surface area contributed by atoms with Gasteiger partial charge in [0, 0.05) is 0 Å². The molecule has 0 heteroatoms. The van der Waals surface area contributed by atoms with Gasteiger partial charge in [-0.2, -0.15) is 0 Å². The van der Waals surface area contributed by atoms with Crippen LogP contribution in [0, 0.1) is 11.3 Å². The van der Waals surface area contributed by atoms with Crippen LogP contribution in [0.4, 0.5) is 0 Å². The lowest BCUT2D eigenvalue weighted by molar-refractivity contribution is 0.595. The average Bonchev–Trinajstić information content (AvgIpc) is 2.99. The molecule has 0 aliphatic heterocycles. The molecular formula is C21H24. The van der Waals surface area contributed by atoms with Gasteiger partial charge in [-0.1, -0.05) is 92.6 Å². The van der Waals surface area contributed by atoms with Crippen LogP contribution in [0.25, 0.3) is 0 Å². The minimum Gasteiger partial charge on any atom is -0.0622 e. The standard InChI is InChI=1S/C21H24/c1-16-20(21(16,2)3)19(14-17-10-6-4-7-11-17)15-18-12-8-5-9-13-18/h4-13,16H,14-15H2,1-3H3. The van der Waals surface area contributed by atoms with Crippen molar-refractivity contribution in [3.05, 3.63) is 82.9 Å². The minimum absolute atomic E-state index is 0.388.